The zero-order valence-corrected chi connectivity index (χ0v) is 22.8. The SMILES string of the molecule is O=C(Nc1nc2ccc(C(=O)N3CCN(CC4CCCO4)CC3)cc2[nH]1)c1csc(-c2ccc3c(c2)CCO3)n1. The van der Waals surface area contributed by atoms with E-state index in [2.05, 4.69) is 31.2 Å². The molecule has 1 unspecified atom stereocenters. The number of ether oxygens (including phenoxy) is 2. The van der Waals surface area contributed by atoms with Crippen LogP contribution in [0, 0.1) is 0 Å². The van der Waals surface area contributed by atoms with Crippen molar-refractivity contribution >= 4 is 40.1 Å². The molecule has 7 rings (SSSR count). The third kappa shape index (κ3) is 5.07. The third-order valence-corrected chi connectivity index (χ3v) is 8.67. The molecule has 2 saturated heterocycles. The second-order valence-corrected chi connectivity index (χ2v) is 11.3. The Kier molecular flexibility index (Phi) is 6.70. The molecular weight excluding hydrogens is 528 g/mol. The Morgan fingerprint density at radius 3 is 2.83 bits per heavy atom. The highest BCUT2D eigenvalue weighted by Crippen LogP contribution is 2.32. The van der Waals surface area contributed by atoms with Crippen LogP contribution in [0.1, 0.15) is 39.3 Å². The van der Waals surface area contributed by atoms with Crippen LogP contribution in [0.15, 0.2) is 41.8 Å². The summed E-state index contributed by atoms with van der Waals surface area (Å²) >= 11 is 1.42. The van der Waals surface area contributed by atoms with Gasteiger partial charge in [0.25, 0.3) is 11.8 Å². The number of aromatic nitrogens is 3. The molecular formula is C29H30N6O4S. The summed E-state index contributed by atoms with van der Waals surface area (Å²) < 4.78 is 11.3. The maximum Gasteiger partial charge on any atom is 0.277 e. The molecule has 0 spiro atoms. The number of hydrogen-bond acceptors (Lipinski definition) is 8. The van der Waals surface area contributed by atoms with Gasteiger partial charge in [-0.05, 0) is 54.8 Å². The van der Waals surface area contributed by atoms with Crippen LogP contribution >= 0.6 is 11.3 Å². The third-order valence-electron chi connectivity index (χ3n) is 7.78. The van der Waals surface area contributed by atoms with Crippen molar-refractivity contribution in [1.82, 2.24) is 24.8 Å². The summed E-state index contributed by atoms with van der Waals surface area (Å²) in [5.74, 6) is 0.896. The lowest BCUT2D eigenvalue weighted by Crippen LogP contribution is -2.50. The first-order chi connectivity index (χ1) is 19.6. The standard InChI is InChI=1S/C29H30N6O4S/c36-26(24-17-40-27(30-24)19-4-6-25-18(14-19)7-13-39-25)33-29-31-22-5-3-20(15-23(22)32-29)28(37)35-10-8-34(9-11-35)16-21-2-1-12-38-21/h3-6,14-15,17,21H,1-2,7-13,16H2,(H2,31,32,33,36). The van der Waals surface area contributed by atoms with Crippen molar-refractivity contribution in [3.05, 3.63) is 58.6 Å². The number of imidazole rings is 1. The summed E-state index contributed by atoms with van der Waals surface area (Å²) in [7, 11) is 0. The summed E-state index contributed by atoms with van der Waals surface area (Å²) in [6.45, 7) is 5.61. The second-order valence-electron chi connectivity index (χ2n) is 10.5. The first kappa shape index (κ1) is 25.2. The summed E-state index contributed by atoms with van der Waals surface area (Å²) in [6.07, 6.45) is 3.48. The minimum atomic E-state index is -0.344. The van der Waals surface area contributed by atoms with Crippen molar-refractivity contribution in [3.8, 4) is 16.3 Å². The number of aromatic amines is 1. The molecule has 5 heterocycles. The van der Waals surface area contributed by atoms with Crippen LogP contribution in [0.4, 0.5) is 5.95 Å². The summed E-state index contributed by atoms with van der Waals surface area (Å²) in [5, 5.41) is 5.33. The smallest absolute Gasteiger partial charge is 0.277 e. The molecule has 11 heteroatoms. The molecule has 0 bridgehead atoms. The molecule has 10 nitrogen and oxygen atoms in total. The highest BCUT2D eigenvalue weighted by atomic mass is 32.1. The molecule has 2 aromatic heterocycles. The van der Waals surface area contributed by atoms with E-state index in [-0.39, 0.29) is 11.8 Å². The Labute approximate surface area is 235 Å². The van der Waals surface area contributed by atoms with Crippen molar-refractivity contribution in [2.45, 2.75) is 25.4 Å². The Morgan fingerprint density at radius 2 is 1.98 bits per heavy atom. The van der Waals surface area contributed by atoms with Crippen molar-refractivity contribution in [3.63, 3.8) is 0 Å². The number of benzene rings is 2. The molecule has 1 atom stereocenters. The van der Waals surface area contributed by atoms with Crippen LogP contribution in [-0.2, 0) is 11.2 Å². The molecule has 2 amide bonds. The molecule has 2 aromatic carbocycles. The van der Waals surface area contributed by atoms with Gasteiger partial charge >= 0.3 is 0 Å². The molecule has 3 aliphatic rings. The summed E-state index contributed by atoms with van der Waals surface area (Å²) in [5.41, 5.74) is 4.43. The number of piperazine rings is 1. The maximum absolute atomic E-state index is 13.2. The van der Waals surface area contributed by atoms with Crippen molar-refractivity contribution in [1.29, 1.82) is 0 Å². The van der Waals surface area contributed by atoms with Crippen LogP contribution in [0.2, 0.25) is 0 Å². The lowest BCUT2D eigenvalue weighted by atomic mass is 10.1. The lowest BCUT2D eigenvalue weighted by molar-refractivity contribution is 0.0432. The zero-order valence-electron chi connectivity index (χ0n) is 22.0. The Hall–Kier alpha value is -3.80. The number of anilines is 1. The monoisotopic (exact) mass is 558 g/mol. The van der Waals surface area contributed by atoms with E-state index in [1.54, 1.807) is 23.6 Å². The molecule has 0 saturated carbocycles. The largest absolute Gasteiger partial charge is 0.493 e. The summed E-state index contributed by atoms with van der Waals surface area (Å²) in [4.78, 5) is 42.6. The Balaban J connectivity index is 0.988. The number of thiazole rings is 1. The quantitative estimate of drug-likeness (QED) is 0.370. The second kappa shape index (κ2) is 10.6. The molecule has 4 aromatic rings. The van der Waals surface area contributed by atoms with E-state index in [0.29, 0.717) is 54.0 Å². The average molecular weight is 559 g/mol. The first-order valence-electron chi connectivity index (χ1n) is 13.7. The van der Waals surface area contributed by atoms with Crippen LogP contribution in [0.25, 0.3) is 21.6 Å². The Bertz CT molecular complexity index is 1570. The van der Waals surface area contributed by atoms with Gasteiger partial charge in [-0.25, -0.2) is 9.97 Å². The number of hydrogen-bond donors (Lipinski definition) is 2. The van der Waals surface area contributed by atoms with Crippen molar-refractivity contribution < 1.29 is 19.1 Å². The van der Waals surface area contributed by atoms with E-state index < -0.39 is 0 Å². The average Bonchev–Trinajstić information content (AvgIpc) is 3.79. The zero-order chi connectivity index (χ0) is 27.1. The number of carbonyl (C=O) groups is 2. The van der Waals surface area contributed by atoms with Crippen molar-refractivity contribution in [2.24, 2.45) is 0 Å². The molecule has 0 aliphatic carbocycles. The molecule has 2 fully saturated rings. The van der Waals surface area contributed by atoms with Gasteiger partial charge in [0.15, 0.2) is 0 Å². The highest BCUT2D eigenvalue weighted by Gasteiger charge is 2.26. The van der Waals surface area contributed by atoms with E-state index in [9.17, 15) is 9.59 Å². The first-order valence-corrected chi connectivity index (χ1v) is 14.6. The number of H-pyrrole nitrogens is 1. The fourth-order valence-electron chi connectivity index (χ4n) is 5.60. The van der Waals surface area contributed by atoms with Gasteiger partial charge in [-0.3, -0.25) is 19.8 Å². The van der Waals surface area contributed by atoms with Gasteiger partial charge in [-0.2, -0.15) is 0 Å². The molecule has 40 heavy (non-hydrogen) atoms. The van der Waals surface area contributed by atoms with Crippen LogP contribution in [0.3, 0.4) is 0 Å². The van der Waals surface area contributed by atoms with E-state index in [4.69, 9.17) is 9.47 Å². The number of rotatable bonds is 6. The predicted octanol–water partition coefficient (Wildman–Crippen LogP) is 3.81. The molecule has 2 N–H and O–H groups in total. The van der Waals surface area contributed by atoms with Crippen LogP contribution in [-0.4, -0.2) is 88.6 Å². The Morgan fingerprint density at radius 1 is 1.07 bits per heavy atom. The van der Waals surface area contributed by atoms with Gasteiger partial charge in [0, 0.05) is 62.3 Å². The molecule has 0 radical (unpaired) electrons. The van der Waals surface area contributed by atoms with E-state index in [1.807, 2.05) is 17.0 Å². The van der Waals surface area contributed by atoms with Gasteiger partial charge in [-0.1, -0.05) is 0 Å². The van der Waals surface area contributed by atoms with Crippen molar-refractivity contribution in [2.75, 3.05) is 51.3 Å². The fraction of sp³-hybridized carbons (Fsp3) is 0.379. The molecule has 3 aliphatic heterocycles. The van der Waals surface area contributed by atoms with Gasteiger partial charge in [-0.15, -0.1) is 11.3 Å². The number of nitrogens with one attached hydrogen (secondary N) is 2. The van der Waals surface area contributed by atoms with Gasteiger partial charge in [0.1, 0.15) is 16.5 Å². The number of amides is 2. The van der Waals surface area contributed by atoms with Gasteiger partial charge < -0.3 is 19.4 Å². The molecule has 206 valence electrons. The predicted molar refractivity (Wildman–Crippen MR) is 152 cm³/mol. The topological polar surface area (TPSA) is 113 Å². The number of fused-ring (bicyclic) bond motifs is 2. The van der Waals surface area contributed by atoms with Gasteiger partial charge in [0.2, 0.25) is 5.95 Å². The van der Waals surface area contributed by atoms with Crippen LogP contribution in [0.5, 0.6) is 5.75 Å². The fourth-order valence-corrected chi connectivity index (χ4v) is 6.39. The number of nitrogens with zero attached hydrogens (tertiary/aromatic N) is 4. The minimum absolute atomic E-state index is 0.00646. The van der Waals surface area contributed by atoms with E-state index in [0.717, 1.165) is 67.4 Å². The minimum Gasteiger partial charge on any atom is -0.493 e. The van der Waals surface area contributed by atoms with E-state index in [1.165, 1.54) is 11.3 Å². The summed E-state index contributed by atoms with van der Waals surface area (Å²) in [6, 6.07) is 11.4. The van der Waals surface area contributed by atoms with E-state index >= 15 is 0 Å². The highest BCUT2D eigenvalue weighted by molar-refractivity contribution is 7.13. The normalized spacial score (nSPS) is 19.1. The number of carbonyl (C=O) groups excluding carboxylic acids is 2. The lowest BCUT2D eigenvalue weighted by Gasteiger charge is -2.35. The maximum atomic E-state index is 13.2. The van der Waals surface area contributed by atoms with Gasteiger partial charge in [0.05, 0.1) is 23.7 Å². The van der Waals surface area contributed by atoms with Crippen LogP contribution < -0.4 is 10.1 Å².